The number of carbonyl (C=O) groups excluding carboxylic acids is 1. The molecule has 7 heteroatoms. The molecule has 0 aliphatic carbocycles. The highest BCUT2D eigenvalue weighted by Crippen LogP contribution is 2.30. The molecule has 0 saturated heterocycles. The van der Waals surface area contributed by atoms with Gasteiger partial charge < -0.3 is 16.4 Å². The Kier molecular flexibility index (Phi) is 3.38. The zero-order valence-corrected chi connectivity index (χ0v) is 12.1. The summed E-state index contributed by atoms with van der Waals surface area (Å²) in [6.45, 7) is 0.611. The summed E-state index contributed by atoms with van der Waals surface area (Å²) in [5.41, 5.74) is 13.9. The van der Waals surface area contributed by atoms with Crippen molar-refractivity contribution in [3.05, 3.63) is 54.0 Å². The van der Waals surface area contributed by atoms with Crippen molar-refractivity contribution >= 4 is 23.1 Å². The number of allylic oxidation sites excluding steroid dienone is 2. The van der Waals surface area contributed by atoms with Gasteiger partial charge in [-0.1, -0.05) is 12.2 Å². The normalized spacial score (nSPS) is 14.0. The van der Waals surface area contributed by atoms with Gasteiger partial charge in [-0.05, 0) is 18.2 Å². The lowest BCUT2D eigenvalue weighted by molar-refractivity contribution is 0.0995. The maximum absolute atomic E-state index is 11.6. The first-order valence-corrected chi connectivity index (χ1v) is 6.76. The van der Waals surface area contributed by atoms with Gasteiger partial charge in [0.1, 0.15) is 5.82 Å². The maximum Gasteiger partial charge on any atom is 0.271 e. The SMILES string of the molecule is Cn1cc(N2CC=CC=C2c2ccnc(N)c2)c(C(N)=O)n1. The number of amides is 1. The van der Waals surface area contributed by atoms with Crippen molar-refractivity contribution in [1.82, 2.24) is 14.8 Å². The lowest BCUT2D eigenvalue weighted by atomic mass is 10.1. The van der Waals surface area contributed by atoms with Gasteiger partial charge >= 0.3 is 0 Å². The molecule has 2 aromatic heterocycles. The van der Waals surface area contributed by atoms with E-state index >= 15 is 0 Å². The van der Waals surface area contributed by atoms with Crippen molar-refractivity contribution in [2.24, 2.45) is 12.8 Å². The Hall–Kier alpha value is -3.09. The molecule has 0 radical (unpaired) electrons. The summed E-state index contributed by atoms with van der Waals surface area (Å²) >= 11 is 0. The van der Waals surface area contributed by atoms with Crippen molar-refractivity contribution in [1.29, 1.82) is 0 Å². The lowest BCUT2D eigenvalue weighted by Crippen LogP contribution is -2.26. The van der Waals surface area contributed by atoms with Gasteiger partial charge in [0, 0.05) is 37.2 Å². The lowest BCUT2D eigenvalue weighted by Gasteiger charge is -2.27. The van der Waals surface area contributed by atoms with Crippen molar-refractivity contribution in [3.8, 4) is 0 Å². The van der Waals surface area contributed by atoms with Gasteiger partial charge in [-0.2, -0.15) is 5.10 Å². The first kappa shape index (κ1) is 13.9. The minimum absolute atomic E-state index is 0.241. The van der Waals surface area contributed by atoms with E-state index in [1.807, 2.05) is 29.2 Å². The zero-order chi connectivity index (χ0) is 15.7. The molecule has 2 aromatic rings. The van der Waals surface area contributed by atoms with Crippen LogP contribution < -0.4 is 16.4 Å². The van der Waals surface area contributed by atoms with Crippen molar-refractivity contribution in [2.75, 3.05) is 17.2 Å². The van der Waals surface area contributed by atoms with E-state index in [4.69, 9.17) is 11.5 Å². The largest absolute Gasteiger partial charge is 0.384 e. The van der Waals surface area contributed by atoms with Crippen molar-refractivity contribution in [3.63, 3.8) is 0 Å². The summed E-state index contributed by atoms with van der Waals surface area (Å²) in [4.78, 5) is 17.6. The predicted octanol–water partition coefficient (Wildman–Crippen LogP) is 0.913. The first-order chi connectivity index (χ1) is 10.6. The standard InChI is InChI=1S/C15H16N6O/c1-20-9-12(14(19-20)15(17)22)21-7-3-2-4-11(21)10-5-6-18-13(16)8-10/h2-6,8-9H,7H2,1H3,(H2,16,18)(H2,17,22). The Morgan fingerprint density at radius 3 is 2.95 bits per heavy atom. The highest BCUT2D eigenvalue weighted by molar-refractivity contribution is 5.99. The van der Waals surface area contributed by atoms with Crippen molar-refractivity contribution in [2.45, 2.75) is 0 Å². The molecule has 0 aromatic carbocycles. The number of anilines is 2. The third-order valence-corrected chi connectivity index (χ3v) is 3.38. The van der Waals surface area contributed by atoms with Gasteiger partial charge in [0.25, 0.3) is 5.91 Å². The van der Waals surface area contributed by atoms with Crippen LogP contribution in [0.2, 0.25) is 0 Å². The summed E-state index contributed by atoms with van der Waals surface area (Å²) in [5, 5.41) is 4.14. The Balaban J connectivity index is 2.09. The molecule has 1 aliphatic heterocycles. The Morgan fingerprint density at radius 2 is 2.23 bits per heavy atom. The van der Waals surface area contributed by atoms with E-state index in [0.29, 0.717) is 18.1 Å². The molecule has 0 atom stereocenters. The number of aromatic nitrogens is 3. The van der Waals surface area contributed by atoms with Crippen LogP contribution in [-0.4, -0.2) is 27.2 Å². The number of hydrogen-bond donors (Lipinski definition) is 2. The average Bonchev–Trinajstić information content (AvgIpc) is 2.89. The van der Waals surface area contributed by atoms with E-state index in [2.05, 4.69) is 10.1 Å². The van der Waals surface area contributed by atoms with E-state index in [1.165, 1.54) is 0 Å². The fourth-order valence-corrected chi connectivity index (χ4v) is 2.45. The van der Waals surface area contributed by atoms with Crippen LogP contribution >= 0.6 is 0 Å². The van der Waals surface area contributed by atoms with Gasteiger partial charge in [0.2, 0.25) is 0 Å². The van der Waals surface area contributed by atoms with Gasteiger partial charge in [-0.25, -0.2) is 4.98 Å². The predicted molar refractivity (Wildman–Crippen MR) is 84.8 cm³/mol. The van der Waals surface area contributed by atoms with Gasteiger partial charge in [0.15, 0.2) is 5.69 Å². The molecule has 3 heterocycles. The van der Waals surface area contributed by atoms with Crippen LogP contribution in [-0.2, 0) is 7.05 Å². The molecule has 1 aliphatic rings. The van der Waals surface area contributed by atoms with E-state index in [-0.39, 0.29) is 5.69 Å². The molecule has 3 rings (SSSR count). The van der Waals surface area contributed by atoms with Gasteiger partial charge in [-0.15, -0.1) is 0 Å². The number of aryl methyl sites for hydroxylation is 1. The van der Waals surface area contributed by atoms with E-state index in [0.717, 1.165) is 11.3 Å². The quantitative estimate of drug-likeness (QED) is 0.876. The molecule has 0 bridgehead atoms. The van der Waals surface area contributed by atoms with Crippen LogP contribution in [0.25, 0.3) is 5.70 Å². The van der Waals surface area contributed by atoms with Crippen LogP contribution in [0.4, 0.5) is 11.5 Å². The van der Waals surface area contributed by atoms with Crippen LogP contribution in [0.5, 0.6) is 0 Å². The molecule has 0 fully saturated rings. The van der Waals surface area contributed by atoms with Crippen LogP contribution in [0.1, 0.15) is 16.1 Å². The van der Waals surface area contributed by atoms with E-state index in [1.54, 1.807) is 30.2 Å². The topological polar surface area (TPSA) is 103 Å². The molecular formula is C15H16N6O. The fraction of sp³-hybridized carbons (Fsp3) is 0.133. The second kappa shape index (κ2) is 5.36. The number of primary amides is 1. The summed E-state index contributed by atoms with van der Waals surface area (Å²) in [6, 6.07) is 3.66. The number of nitrogens with two attached hydrogens (primary N) is 2. The highest BCUT2D eigenvalue weighted by atomic mass is 16.1. The molecule has 1 amide bonds. The molecule has 0 spiro atoms. The van der Waals surface area contributed by atoms with Crippen LogP contribution in [0.3, 0.4) is 0 Å². The van der Waals surface area contributed by atoms with E-state index < -0.39 is 5.91 Å². The number of nitrogen functional groups attached to an aromatic ring is 1. The Morgan fingerprint density at radius 1 is 1.41 bits per heavy atom. The summed E-state index contributed by atoms with van der Waals surface area (Å²) in [7, 11) is 1.75. The molecule has 0 saturated carbocycles. The second-order valence-corrected chi connectivity index (χ2v) is 4.96. The highest BCUT2D eigenvalue weighted by Gasteiger charge is 2.23. The summed E-state index contributed by atoms with van der Waals surface area (Å²) < 4.78 is 1.58. The first-order valence-electron chi connectivity index (χ1n) is 6.76. The molecule has 112 valence electrons. The summed E-state index contributed by atoms with van der Waals surface area (Å²) in [5.74, 6) is -0.118. The molecule has 0 unspecified atom stereocenters. The molecule has 22 heavy (non-hydrogen) atoms. The minimum atomic E-state index is -0.557. The number of carbonyl (C=O) groups is 1. The minimum Gasteiger partial charge on any atom is -0.384 e. The zero-order valence-electron chi connectivity index (χ0n) is 12.1. The number of hydrogen-bond acceptors (Lipinski definition) is 5. The number of pyridine rings is 1. The van der Waals surface area contributed by atoms with Crippen LogP contribution in [0.15, 0.2) is 42.8 Å². The third kappa shape index (κ3) is 2.44. The molecular weight excluding hydrogens is 280 g/mol. The van der Waals surface area contributed by atoms with Gasteiger partial charge in [-0.3, -0.25) is 9.48 Å². The number of rotatable bonds is 3. The smallest absolute Gasteiger partial charge is 0.271 e. The number of nitrogens with zero attached hydrogens (tertiary/aromatic N) is 4. The molecule has 7 nitrogen and oxygen atoms in total. The van der Waals surface area contributed by atoms with E-state index in [9.17, 15) is 4.79 Å². The fourth-order valence-electron chi connectivity index (χ4n) is 2.45. The summed E-state index contributed by atoms with van der Waals surface area (Å²) in [6.07, 6.45) is 9.34. The Labute approximate surface area is 127 Å². The third-order valence-electron chi connectivity index (χ3n) is 3.38. The van der Waals surface area contributed by atoms with Crippen LogP contribution in [0, 0.1) is 0 Å². The monoisotopic (exact) mass is 296 g/mol. The molecule has 4 N–H and O–H groups in total. The second-order valence-electron chi connectivity index (χ2n) is 4.96. The average molecular weight is 296 g/mol. The van der Waals surface area contributed by atoms with Crippen molar-refractivity contribution < 1.29 is 4.79 Å². The van der Waals surface area contributed by atoms with Gasteiger partial charge in [0.05, 0.1) is 5.69 Å². The Bertz CT molecular complexity index is 789. The maximum atomic E-state index is 11.6.